The Hall–Kier alpha value is -2.30. The van der Waals surface area contributed by atoms with E-state index in [4.69, 9.17) is 9.47 Å². The first-order valence-corrected chi connectivity index (χ1v) is 9.16. The van der Waals surface area contributed by atoms with Crippen LogP contribution < -0.4 is 0 Å². The summed E-state index contributed by atoms with van der Waals surface area (Å²) in [5.74, 6) is -1.46. The fourth-order valence-corrected chi connectivity index (χ4v) is 3.71. The number of ether oxygens (including phenoxy) is 2. The van der Waals surface area contributed by atoms with E-state index in [1.54, 1.807) is 13.8 Å². The molecule has 0 N–H and O–H groups in total. The van der Waals surface area contributed by atoms with Gasteiger partial charge in [-0.15, -0.1) is 0 Å². The number of carbonyl (C=O) groups excluding carboxylic acids is 2. The zero-order valence-electron chi connectivity index (χ0n) is 16.8. The fourth-order valence-electron chi connectivity index (χ4n) is 3.71. The molecule has 4 heteroatoms. The molecule has 2 atom stereocenters. The molecule has 2 aromatic rings. The molecule has 0 unspecified atom stereocenters. The predicted molar refractivity (Wildman–Crippen MR) is 104 cm³/mol. The molecule has 0 aromatic heterocycles. The van der Waals surface area contributed by atoms with Gasteiger partial charge in [0.1, 0.15) is 0 Å². The Morgan fingerprint density at radius 2 is 0.963 bits per heavy atom. The summed E-state index contributed by atoms with van der Waals surface area (Å²) in [5, 5.41) is 0. The van der Waals surface area contributed by atoms with E-state index in [1.165, 1.54) is 0 Å². The standard InChI is InChI=1S/C23H26O4/c1-13-7-14(2)10-17(9-13)19(24)21-22(27-23(5,6)26-21)20(25)18-11-15(3)8-16(4)12-18/h7-12,21-22H,1-6H3/t21-,22-/m0/s1. The highest BCUT2D eigenvalue weighted by atomic mass is 16.8. The average molecular weight is 366 g/mol. The molecule has 0 aliphatic carbocycles. The Kier molecular flexibility index (Phi) is 5.06. The topological polar surface area (TPSA) is 52.6 Å². The number of hydrogen-bond donors (Lipinski definition) is 0. The van der Waals surface area contributed by atoms with Crippen LogP contribution in [-0.2, 0) is 9.47 Å². The van der Waals surface area contributed by atoms with E-state index in [0.29, 0.717) is 11.1 Å². The maximum atomic E-state index is 13.2. The molecule has 0 saturated carbocycles. The maximum absolute atomic E-state index is 13.2. The van der Waals surface area contributed by atoms with Crippen molar-refractivity contribution >= 4 is 11.6 Å². The Morgan fingerprint density at radius 3 is 1.26 bits per heavy atom. The van der Waals surface area contributed by atoms with Gasteiger partial charge in [-0.1, -0.05) is 34.4 Å². The molecule has 1 fully saturated rings. The third kappa shape index (κ3) is 4.18. The SMILES string of the molecule is Cc1cc(C)cc(C(=O)[C@@H]2OC(C)(C)O[C@H]2C(=O)c2cc(C)cc(C)c2)c1. The molecule has 1 saturated heterocycles. The molecule has 27 heavy (non-hydrogen) atoms. The van der Waals surface area contributed by atoms with Crippen LogP contribution in [0.15, 0.2) is 36.4 Å². The number of ketones is 2. The first kappa shape index (κ1) is 19.5. The minimum Gasteiger partial charge on any atom is -0.336 e. The minimum absolute atomic E-state index is 0.227. The van der Waals surface area contributed by atoms with Crippen LogP contribution in [0.2, 0.25) is 0 Å². The van der Waals surface area contributed by atoms with E-state index < -0.39 is 18.0 Å². The van der Waals surface area contributed by atoms with Gasteiger partial charge in [0.25, 0.3) is 0 Å². The fraction of sp³-hybridized carbons (Fsp3) is 0.391. The van der Waals surface area contributed by atoms with Crippen molar-refractivity contribution in [2.75, 3.05) is 0 Å². The summed E-state index contributed by atoms with van der Waals surface area (Å²) < 4.78 is 11.7. The van der Waals surface area contributed by atoms with Crippen molar-refractivity contribution in [1.82, 2.24) is 0 Å². The number of hydrogen-bond acceptors (Lipinski definition) is 4. The zero-order valence-corrected chi connectivity index (χ0v) is 16.8. The quantitative estimate of drug-likeness (QED) is 0.747. The van der Waals surface area contributed by atoms with E-state index in [0.717, 1.165) is 22.3 Å². The van der Waals surface area contributed by atoms with Crippen LogP contribution in [0, 0.1) is 27.7 Å². The molecule has 4 nitrogen and oxygen atoms in total. The summed E-state index contributed by atoms with van der Waals surface area (Å²) in [4.78, 5) is 26.3. The lowest BCUT2D eigenvalue weighted by Crippen LogP contribution is -2.37. The van der Waals surface area contributed by atoms with Crippen LogP contribution in [0.3, 0.4) is 0 Å². The predicted octanol–water partition coefficient (Wildman–Crippen LogP) is 4.51. The van der Waals surface area contributed by atoms with E-state index in [2.05, 4.69) is 0 Å². The molecular weight excluding hydrogens is 340 g/mol. The van der Waals surface area contributed by atoms with Crippen LogP contribution in [-0.4, -0.2) is 29.6 Å². The minimum atomic E-state index is -1.00. The van der Waals surface area contributed by atoms with Crippen LogP contribution in [0.25, 0.3) is 0 Å². The van der Waals surface area contributed by atoms with Gasteiger partial charge in [0.05, 0.1) is 0 Å². The molecule has 1 aliphatic rings. The first-order valence-electron chi connectivity index (χ1n) is 9.16. The molecule has 1 aliphatic heterocycles. The summed E-state index contributed by atoms with van der Waals surface area (Å²) in [6.45, 7) is 11.2. The molecule has 1 heterocycles. The summed E-state index contributed by atoms with van der Waals surface area (Å²) in [5.41, 5.74) is 5.05. The lowest BCUT2D eigenvalue weighted by Gasteiger charge is -2.16. The Bertz CT molecular complexity index is 797. The lowest BCUT2D eigenvalue weighted by atomic mass is 9.93. The number of Topliss-reactive ketones (excluding diaryl/α,β-unsaturated/α-hetero) is 2. The second-order valence-corrected chi connectivity index (χ2v) is 7.96. The first-order chi connectivity index (χ1) is 12.6. The van der Waals surface area contributed by atoms with E-state index >= 15 is 0 Å². The van der Waals surface area contributed by atoms with Crippen molar-refractivity contribution in [2.45, 2.75) is 59.5 Å². The average Bonchev–Trinajstić information content (AvgIpc) is 2.87. The Labute approximate surface area is 160 Å². The molecular formula is C23H26O4. The van der Waals surface area contributed by atoms with Gasteiger partial charge >= 0.3 is 0 Å². The van der Waals surface area contributed by atoms with Gasteiger partial charge < -0.3 is 9.47 Å². The van der Waals surface area contributed by atoms with Crippen molar-refractivity contribution in [2.24, 2.45) is 0 Å². The van der Waals surface area contributed by atoms with Crippen LogP contribution in [0.4, 0.5) is 0 Å². The van der Waals surface area contributed by atoms with E-state index in [1.807, 2.05) is 64.1 Å². The molecule has 0 radical (unpaired) electrons. The van der Waals surface area contributed by atoms with E-state index in [9.17, 15) is 9.59 Å². The highest BCUT2D eigenvalue weighted by molar-refractivity contribution is 6.08. The molecule has 0 bridgehead atoms. The summed E-state index contributed by atoms with van der Waals surface area (Å²) in [6, 6.07) is 11.3. The van der Waals surface area contributed by atoms with Crippen molar-refractivity contribution in [3.63, 3.8) is 0 Å². The molecule has 3 rings (SSSR count). The number of carbonyl (C=O) groups is 2. The van der Waals surface area contributed by atoms with Gasteiger partial charge in [-0.2, -0.15) is 0 Å². The van der Waals surface area contributed by atoms with Gasteiger partial charge in [-0.05, 0) is 65.8 Å². The van der Waals surface area contributed by atoms with Crippen LogP contribution >= 0.6 is 0 Å². The van der Waals surface area contributed by atoms with Crippen molar-refractivity contribution in [1.29, 1.82) is 0 Å². The van der Waals surface area contributed by atoms with Gasteiger partial charge in [0.2, 0.25) is 0 Å². The van der Waals surface area contributed by atoms with Crippen molar-refractivity contribution in [3.05, 3.63) is 69.8 Å². The summed E-state index contributed by atoms with van der Waals surface area (Å²) in [6.07, 6.45) is -1.93. The van der Waals surface area contributed by atoms with Crippen LogP contribution in [0.1, 0.15) is 56.8 Å². The van der Waals surface area contributed by atoms with E-state index in [-0.39, 0.29) is 11.6 Å². The second kappa shape index (κ2) is 7.02. The zero-order chi connectivity index (χ0) is 19.9. The third-order valence-corrected chi connectivity index (χ3v) is 4.63. The summed E-state index contributed by atoms with van der Waals surface area (Å²) >= 11 is 0. The van der Waals surface area contributed by atoms with Crippen molar-refractivity contribution < 1.29 is 19.1 Å². The van der Waals surface area contributed by atoms with Crippen LogP contribution in [0.5, 0.6) is 0 Å². The number of benzene rings is 2. The third-order valence-electron chi connectivity index (χ3n) is 4.63. The van der Waals surface area contributed by atoms with Gasteiger partial charge in [-0.3, -0.25) is 9.59 Å². The monoisotopic (exact) mass is 366 g/mol. The Balaban J connectivity index is 1.97. The molecule has 2 aromatic carbocycles. The largest absolute Gasteiger partial charge is 0.336 e. The van der Waals surface area contributed by atoms with Gasteiger partial charge in [0, 0.05) is 11.1 Å². The van der Waals surface area contributed by atoms with Crippen molar-refractivity contribution in [3.8, 4) is 0 Å². The highest BCUT2D eigenvalue weighted by Crippen LogP contribution is 2.32. The van der Waals surface area contributed by atoms with Gasteiger partial charge in [-0.25, -0.2) is 0 Å². The second-order valence-electron chi connectivity index (χ2n) is 7.96. The highest BCUT2D eigenvalue weighted by Gasteiger charge is 2.49. The normalized spacial score (nSPS) is 21.3. The smallest absolute Gasteiger partial charge is 0.194 e. The number of rotatable bonds is 4. The lowest BCUT2D eigenvalue weighted by molar-refractivity contribution is -0.139. The molecule has 0 spiro atoms. The maximum Gasteiger partial charge on any atom is 0.194 e. The summed E-state index contributed by atoms with van der Waals surface area (Å²) in [7, 11) is 0. The van der Waals surface area contributed by atoms with Gasteiger partial charge in [0.15, 0.2) is 29.6 Å². The Morgan fingerprint density at radius 1 is 0.667 bits per heavy atom. The molecule has 0 amide bonds. The number of aryl methyl sites for hydroxylation is 4. The molecule has 142 valence electrons.